The van der Waals surface area contributed by atoms with Gasteiger partial charge in [0.15, 0.2) is 9.84 Å². The molecule has 42 heavy (non-hydrogen) atoms. The largest absolute Gasteiger partial charge is 0.348 e. The first-order valence-corrected chi connectivity index (χ1v) is 15.7. The van der Waals surface area contributed by atoms with Gasteiger partial charge in [0, 0.05) is 68.4 Å². The second-order valence-electron chi connectivity index (χ2n) is 11.0. The number of sulfone groups is 1. The van der Waals surface area contributed by atoms with E-state index >= 15 is 0 Å². The first kappa shape index (κ1) is 29.2. The van der Waals surface area contributed by atoms with E-state index in [9.17, 15) is 18.0 Å². The van der Waals surface area contributed by atoms with Crippen LogP contribution in [0.5, 0.6) is 0 Å². The van der Waals surface area contributed by atoms with E-state index in [-0.39, 0.29) is 34.6 Å². The summed E-state index contributed by atoms with van der Waals surface area (Å²) in [6.45, 7) is 7.61. The van der Waals surface area contributed by atoms with Crippen LogP contribution in [0.2, 0.25) is 0 Å². The molecule has 0 saturated heterocycles. The van der Waals surface area contributed by atoms with E-state index in [0.717, 1.165) is 28.8 Å². The fourth-order valence-electron chi connectivity index (χ4n) is 5.20. The predicted molar refractivity (Wildman–Crippen MR) is 163 cm³/mol. The highest BCUT2D eigenvalue weighted by Crippen LogP contribution is 2.35. The summed E-state index contributed by atoms with van der Waals surface area (Å²) in [5.74, 6) is 1.05. The normalized spacial score (nSPS) is 15.0. The Kier molecular flexibility index (Phi) is 8.27. The summed E-state index contributed by atoms with van der Waals surface area (Å²) in [4.78, 5) is 36.8. The Morgan fingerprint density at radius 2 is 1.74 bits per heavy atom. The Labute approximate surface area is 246 Å². The quantitative estimate of drug-likeness (QED) is 0.328. The minimum absolute atomic E-state index is 0.0456. The van der Waals surface area contributed by atoms with Crippen molar-refractivity contribution < 1.29 is 13.2 Å². The van der Waals surface area contributed by atoms with E-state index in [2.05, 4.69) is 40.1 Å². The molecule has 5 rings (SSSR count). The molecule has 1 N–H and O–H groups in total. The zero-order valence-electron chi connectivity index (χ0n) is 24.2. The standard InChI is InChI=1S/C32H35N5O4S/c1-5-42(40,41)27-9-6-22(7-10-27)16-33-31(39)24-8-11-28-25(14-24)19-37(20-29(28)21(2)3)32-34-17-26(18-35-32)23-12-13-36(4)30(38)15-23/h6-15,17-18,21,29H,5,16,19-20H2,1-4H3,(H,33,39). The Balaban J connectivity index is 1.32. The molecule has 9 nitrogen and oxygen atoms in total. The zero-order chi connectivity index (χ0) is 30.0. The monoisotopic (exact) mass is 585 g/mol. The van der Waals surface area contributed by atoms with E-state index in [1.165, 1.54) is 10.1 Å². The lowest BCUT2D eigenvalue weighted by Gasteiger charge is -2.37. The molecule has 10 heteroatoms. The number of hydrogen-bond donors (Lipinski definition) is 1. The Morgan fingerprint density at radius 3 is 2.38 bits per heavy atom. The summed E-state index contributed by atoms with van der Waals surface area (Å²) < 4.78 is 25.6. The van der Waals surface area contributed by atoms with Gasteiger partial charge in [-0.2, -0.15) is 0 Å². The van der Waals surface area contributed by atoms with Crippen molar-refractivity contribution in [3.63, 3.8) is 0 Å². The second-order valence-corrected chi connectivity index (χ2v) is 13.3. The van der Waals surface area contributed by atoms with Crippen molar-refractivity contribution in [1.82, 2.24) is 19.9 Å². The minimum Gasteiger partial charge on any atom is -0.348 e. The fourth-order valence-corrected chi connectivity index (χ4v) is 6.09. The Hall–Kier alpha value is -4.31. The SMILES string of the molecule is CCS(=O)(=O)c1ccc(CNC(=O)c2ccc3c(c2)CN(c2ncc(-c4ccn(C)c(=O)c4)cn2)CC3C(C)C)cc1. The van der Waals surface area contributed by atoms with Gasteiger partial charge < -0.3 is 14.8 Å². The molecule has 0 saturated carbocycles. The van der Waals surface area contributed by atoms with E-state index in [1.54, 1.807) is 62.9 Å². The summed E-state index contributed by atoms with van der Waals surface area (Å²) in [6, 6.07) is 15.9. The highest BCUT2D eigenvalue weighted by atomic mass is 32.2. The number of hydrogen-bond acceptors (Lipinski definition) is 7. The topological polar surface area (TPSA) is 114 Å². The molecule has 0 fully saturated rings. The van der Waals surface area contributed by atoms with Crippen LogP contribution >= 0.6 is 0 Å². The number of amides is 1. The van der Waals surface area contributed by atoms with Crippen molar-refractivity contribution in [3.8, 4) is 11.1 Å². The highest BCUT2D eigenvalue weighted by molar-refractivity contribution is 7.91. The zero-order valence-corrected chi connectivity index (χ0v) is 25.1. The molecule has 0 bridgehead atoms. The average Bonchev–Trinajstić information content (AvgIpc) is 3.00. The van der Waals surface area contributed by atoms with Gasteiger partial charge in [-0.3, -0.25) is 9.59 Å². The van der Waals surface area contributed by atoms with Crippen molar-refractivity contribution in [1.29, 1.82) is 0 Å². The van der Waals surface area contributed by atoms with Crippen LogP contribution in [0.1, 0.15) is 53.7 Å². The van der Waals surface area contributed by atoms with Crippen LogP contribution in [-0.2, 0) is 30.0 Å². The van der Waals surface area contributed by atoms with Crippen molar-refractivity contribution >= 4 is 21.7 Å². The van der Waals surface area contributed by atoms with Gasteiger partial charge in [0.2, 0.25) is 5.95 Å². The van der Waals surface area contributed by atoms with Gasteiger partial charge in [0.25, 0.3) is 11.5 Å². The molecule has 3 heterocycles. The number of carbonyl (C=O) groups excluding carboxylic acids is 1. The number of carbonyl (C=O) groups is 1. The lowest BCUT2D eigenvalue weighted by molar-refractivity contribution is 0.0950. The summed E-state index contributed by atoms with van der Waals surface area (Å²) in [5, 5.41) is 2.95. The molecular formula is C32H35N5O4S. The van der Waals surface area contributed by atoms with Crippen LogP contribution in [0, 0.1) is 5.92 Å². The summed E-state index contributed by atoms with van der Waals surface area (Å²) in [7, 11) is -1.55. The van der Waals surface area contributed by atoms with Crippen molar-refractivity contribution in [2.24, 2.45) is 13.0 Å². The molecule has 1 amide bonds. The average molecular weight is 586 g/mol. The number of nitrogens with one attached hydrogen (secondary N) is 1. The maximum absolute atomic E-state index is 13.1. The highest BCUT2D eigenvalue weighted by Gasteiger charge is 2.29. The van der Waals surface area contributed by atoms with Crippen LogP contribution in [0.25, 0.3) is 11.1 Å². The third kappa shape index (κ3) is 6.13. The number of anilines is 1. The van der Waals surface area contributed by atoms with E-state index in [1.807, 2.05) is 18.2 Å². The molecular weight excluding hydrogens is 550 g/mol. The number of pyridine rings is 1. The van der Waals surface area contributed by atoms with Gasteiger partial charge >= 0.3 is 0 Å². The second kappa shape index (κ2) is 11.9. The Bertz CT molecular complexity index is 1760. The molecule has 0 radical (unpaired) electrons. The van der Waals surface area contributed by atoms with Crippen LogP contribution < -0.4 is 15.8 Å². The van der Waals surface area contributed by atoms with Gasteiger partial charge in [0.05, 0.1) is 10.6 Å². The van der Waals surface area contributed by atoms with Crippen molar-refractivity contribution in [2.75, 3.05) is 17.2 Å². The van der Waals surface area contributed by atoms with Crippen LogP contribution in [0.3, 0.4) is 0 Å². The predicted octanol–water partition coefficient (Wildman–Crippen LogP) is 4.33. The molecule has 218 valence electrons. The van der Waals surface area contributed by atoms with Gasteiger partial charge in [-0.05, 0) is 58.5 Å². The summed E-state index contributed by atoms with van der Waals surface area (Å²) in [6.07, 6.45) is 5.21. The molecule has 1 atom stereocenters. The molecule has 1 aliphatic rings. The smallest absolute Gasteiger partial charge is 0.251 e. The Morgan fingerprint density at radius 1 is 1.02 bits per heavy atom. The van der Waals surface area contributed by atoms with Gasteiger partial charge in [-0.15, -0.1) is 0 Å². The third-order valence-electron chi connectivity index (χ3n) is 7.86. The van der Waals surface area contributed by atoms with Crippen LogP contribution in [0.4, 0.5) is 5.95 Å². The first-order valence-electron chi connectivity index (χ1n) is 14.0. The molecule has 0 aliphatic carbocycles. The van der Waals surface area contributed by atoms with Gasteiger partial charge in [-0.25, -0.2) is 18.4 Å². The number of rotatable bonds is 8. The van der Waals surface area contributed by atoms with Crippen LogP contribution in [-0.4, -0.2) is 41.2 Å². The molecule has 0 spiro atoms. The first-order chi connectivity index (χ1) is 20.1. The number of aromatic nitrogens is 3. The number of nitrogens with zero attached hydrogens (tertiary/aromatic N) is 4. The lowest BCUT2D eigenvalue weighted by Crippen LogP contribution is -2.37. The fraction of sp³-hybridized carbons (Fsp3) is 0.312. The summed E-state index contributed by atoms with van der Waals surface area (Å²) >= 11 is 0. The number of fused-ring (bicyclic) bond motifs is 1. The number of benzene rings is 2. The summed E-state index contributed by atoms with van der Waals surface area (Å²) in [5.41, 5.74) is 5.11. The maximum atomic E-state index is 13.1. The molecule has 2 aromatic heterocycles. The lowest BCUT2D eigenvalue weighted by atomic mass is 9.82. The third-order valence-corrected chi connectivity index (χ3v) is 9.61. The van der Waals surface area contributed by atoms with Crippen LogP contribution in [0.15, 0.2) is 82.9 Å². The maximum Gasteiger partial charge on any atom is 0.251 e. The molecule has 1 unspecified atom stereocenters. The van der Waals surface area contributed by atoms with Gasteiger partial charge in [-0.1, -0.05) is 39.0 Å². The number of aryl methyl sites for hydroxylation is 1. The molecule has 4 aromatic rings. The minimum atomic E-state index is -3.26. The van der Waals surface area contributed by atoms with E-state index in [4.69, 9.17) is 0 Å². The van der Waals surface area contributed by atoms with Crippen molar-refractivity contribution in [2.45, 2.75) is 44.7 Å². The van der Waals surface area contributed by atoms with E-state index < -0.39 is 9.84 Å². The molecule has 2 aromatic carbocycles. The van der Waals surface area contributed by atoms with Crippen molar-refractivity contribution in [3.05, 3.63) is 106 Å². The van der Waals surface area contributed by atoms with E-state index in [0.29, 0.717) is 24.0 Å². The molecule has 1 aliphatic heterocycles. The van der Waals surface area contributed by atoms with Gasteiger partial charge in [0.1, 0.15) is 0 Å².